The van der Waals surface area contributed by atoms with Crippen molar-refractivity contribution >= 4 is 12.1 Å². The van der Waals surface area contributed by atoms with Gasteiger partial charge >= 0.3 is 0 Å². The molecule has 0 radical (unpaired) electrons. The molecule has 0 aliphatic carbocycles. The van der Waals surface area contributed by atoms with Crippen LogP contribution in [0, 0.1) is 0 Å². The summed E-state index contributed by atoms with van der Waals surface area (Å²) >= 11 is 0. The Hall–Kier alpha value is -2.22. The van der Waals surface area contributed by atoms with E-state index in [1.807, 2.05) is 48.5 Å². The highest BCUT2D eigenvalue weighted by Gasteiger charge is 2.21. The van der Waals surface area contributed by atoms with E-state index in [-0.39, 0.29) is 18.1 Å². The van der Waals surface area contributed by atoms with E-state index in [9.17, 15) is 9.59 Å². The Bertz CT molecular complexity index is 517. The van der Waals surface area contributed by atoms with Crippen molar-refractivity contribution in [3.8, 4) is 0 Å². The van der Waals surface area contributed by atoms with Crippen molar-refractivity contribution in [1.82, 2.24) is 0 Å². The quantitative estimate of drug-likeness (QED) is 0.592. The Morgan fingerprint density at radius 1 is 0.944 bits per heavy atom. The van der Waals surface area contributed by atoms with Gasteiger partial charge in [-0.1, -0.05) is 60.7 Å². The predicted octanol–water partition coefficient (Wildman–Crippen LogP) is 3.24. The van der Waals surface area contributed by atoms with Gasteiger partial charge in [0.05, 0.1) is 5.92 Å². The zero-order chi connectivity index (χ0) is 12.8. The van der Waals surface area contributed by atoms with Crippen molar-refractivity contribution in [2.24, 2.45) is 0 Å². The molecule has 0 saturated carbocycles. The van der Waals surface area contributed by atoms with Crippen LogP contribution in [0.1, 0.15) is 28.3 Å². The largest absolute Gasteiger partial charge is 0.303 e. The Morgan fingerprint density at radius 3 is 2.06 bits per heavy atom. The van der Waals surface area contributed by atoms with E-state index in [1.165, 1.54) is 0 Å². The molecule has 0 heterocycles. The Labute approximate surface area is 106 Å². The van der Waals surface area contributed by atoms with Crippen molar-refractivity contribution in [1.29, 1.82) is 0 Å². The molecule has 18 heavy (non-hydrogen) atoms. The zero-order valence-electron chi connectivity index (χ0n) is 9.95. The van der Waals surface area contributed by atoms with Gasteiger partial charge in [0.1, 0.15) is 6.29 Å². The van der Waals surface area contributed by atoms with E-state index < -0.39 is 0 Å². The van der Waals surface area contributed by atoms with E-state index in [0.717, 1.165) is 11.8 Å². The van der Waals surface area contributed by atoms with E-state index in [4.69, 9.17) is 0 Å². The van der Waals surface area contributed by atoms with Crippen LogP contribution in [0.2, 0.25) is 0 Å². The fourth-order valence-corrected chi connectivity index (χ4v) is 1.98. The topological polar surface area (TPSA) is 34.1 Å². The van der Waals surface area contributed by atoms with Gasteiger partial charge in [-0.2, -0.15) is 0 Å². The first-order valence-corrected chi connectivity index (χ1v) is 5.91. The number of hydrogen-bond donors (Lipinski definition) is 0. The van der Waals surface area contributed by atoms with Crippen LogP contribution < -0.4 is 0 Å². The molecule has 0 spiro atoms. The van der Waals surface area contributed by atoms with Crippen LogP contribution in [-0.4, -0.2) is 12.1 Å². The standard InChI is InChI=1S/C16H14O2/c17-12-11-15(13-7-3-1-4-8-13)16(18)14-9-5-2-6-10-14/h1-10,12,15H,11H2/t15-/m0/s1. The van der Waals surface area contributed by atoms with Crippen LogP contribution in [0.3, 0.4) is 0 Å². The van der Waals surface area contributed by atoms with Gasteiger partial charge in [-0.15, -0.1) is 0 Å². The summed E-state index contributed by atoms with van der Waals surface area (Å²) in [5.41, 5.74) is 1.53. The summed E-state index contributed by atoms with van der Waals surface area (Å²) in [6.45, 7) is 0. The van der Waals surface area contributed by atoms with Crippen molar-refractivity contribution in [2.75, 3.05) is 0 Å². The average molecular weight is 238 g/mol. The summed E-state index contributed by atoms with van der Waals surface area (Å²) < 4.78 is 0. The Balaban J connectivity index is 2.32. The van der Waals surface area contributed by atoms with Crippen molar-refractivity contribution in [3.05, 3.63) is 71.8 Å². The maximum atomic E-state index is 12.4. The molecular weight excluding hydrogens is 224 g/mol. The van der Waals surface area contributed by atoms with Gasteiger partial charge in [-0.05, 0) is 5.56 Å². The monoisotopic (exact) mass is 238 g/mol. The number of Topliss-reactive ketones (excluding diaryl/α,β-unsaturated/α-hetero) is 1. The maximum absolute atomic E-state index is 12.4. The predicted molar refractivity (Wildman–Crippen MR) is 70.6 cm³/mol. The highest BCUT2D eigenvalue weighted by molar-refractivity contribution is 6.01. The highest BCUT2D eigenvalue weighted by Crippen LogP contribution is 2.23. The third-order valence-corrected chi connectivity index (χ3v) is 2.91. The summed E-state index contributed by atoms with van der Waals surface area (Å²) in [5, 5.41) is 0. The molecule has 0 aliphatic heterocycles. The molecule has 0 fully saturated rings. The normalized spacial score (nSPS) is 11.8. The highest BCUT2D eigenvalue weighted by atomic mass is 16.1. The maximum Gasteiger partial charge on any atom is 0.170 e. The number of rotatable bonds is 5. The lowest BCUT2D eigenvalue weighted by Gasteiger charge is -2.13. The lowest BCUT2D eigenvalue weighted by atomic mass is 9.88. The third kappa shape index (κ3) is 2.72. The summed E-state index contributed by atoms with van der Waals surface area (Å²) in [5.74, 6) is -0.389. The summed E-state index contributed by atoms with van der Waals surface area (Å²) in [7, 11) is 0. The molecule has 2 aromatic carbocycles. The van der Waals surface area contributed by atoms with Crippen LogP contribution in [0.4, 0.5) is 0 Å². The molecule has 0 aliphatic rings. The second-order valence-corrected chi connectivity index (χ2v) is 4.10. The van der Waals surface area contributed by atoms with Gasteiger partial charge in [-0.25, -0.2) is 0 Å². The number of benzene rings is 2. The lowest BCUT2D eigenvalue weighted by molar-refractivity contribution is -0.108. The molecule has 2 heteroatoms. The molecule has 1 atom stereocenters. The second kappa shape index (κ2) is 5.92. The first-order valence-electron chi connectivity index (χ1n) is 5.91. The number of carbonyl (C=O) groups excluding carboxylic acids is 2. The Kier molecular flexibility index (Phi) is 4.02. The summed E-state index contributed by atoms with van der Waals surface area (Å²) in [6.07, 6.45) is 1.02. The number of carbonyl (C=O) groups is 2. The molecule has 0 bridgehead atoms. The number of hydrogen-bond acceptors (Lipinski definition) is 2. The van der Waals surface area contributed by atoms with Gasteiger partial charge in [0.25, 0.3) is 0 Å². The van der Waals surface area contributed by atoms with E-state index >= 15 is 0 Å². The number of ketones is 1. The minimum absolute atomic E-state index is 0.00565. The fourth-order valence-electron chi connectivity index (χ4n) is 1.98. The second-order valence-electron chi connectivity index (χ2n) is 4.10. The van der Waals surface area contributed by atoms with Crippen LogP contribution in [0.5, 0.6) is 0 Å². The first kappa shape index (κ1) is 12.2. The Morgan fingerprint density at radius 2 is 1.50 bits per heavy atom. The minimum Gasteiger partial charge on any atom is -0.303 e. The fraction of sp³-hybridized carbons (Fsp3) is 0.125. The number of aldehydes is 1. The van der Waals surface area contributed by atoms with Crippen molar-refractivity contribution in [2.45, 2.75) is 12.3 Å². The molecule has 0 N–H and O–H groups in total. The SMILES string of the molecule is O=CC[C@H](C(=O)c1ccccc1)c1ccccc1. The van der Waals surface area contributed by atoms with Crippen LogP contribution in [0.25, 0.3) is 0 Å². The summed E-state index contributed by atoms with van der Waals surface area (Å²) in [6, 6.07) is 18.5. The average Bonchev–Trinajstić information content (AvgIpc) is 2.46. The van der Waals surface area contributed by atoms with Gasteiger partial charge in [0.15, 0.2) is 5.78 Å². The molecule has 2 aromatic rings. The van der Waals surface area contributed by atoms with Gasteiger partial charge in [0.2, 0.25) is 0 Å². The molecule has 0 aromatic heterocycles. The van der Waals surface area contributed by atoms with E-state index in [0.29, 0.717) is 5.56 Å². The zero-order valence-corrected chi connectivity index (χ0v) is 9.95. The van der Waals surface area contributed by atoms with Crippen molar-refractivity contribution in [3.63, 3.8) is 0 Å². The van der Waals surface area contributed by atoms with Crippen molar-refractivity contribution < 1.29 is 9.59 Å². The van der Waals surface area contributed by atoms with Gasteiger partial charge in [0, 0.05) is 12.0 Å². The molecule has 0 amide bonds. The van der Waals surface area contributed by atoms with E-state index in [1.54, 1.807) is 12.1 Å². The summed E-state index contributed by atoms with van der Waals surface area (Å²) in [4.78, 5) is 23.1. The molecule has 0 saturated heterocycles. The smallest absolute Gasteiger partial charge is 0.170 e. The van der Waals surface area contributed by atoms with Crippen LogP contribution >= 0.6 is 0 Å². The molecule has 2 nitrogen and oxygen atoms in total. The van der Waals surface area contributed by atoms with E-state index in [2.05, 4.69) is 0 Å². The first-order chi connectivity index (χ1) is 8.83. The van der Waals surface area contributed by atoms with Gasteiger partial charge < -0.3 is 4.79 Å². The lowest BCUT2D eigenvalue weighted by Crippen LogP contribution is -2.13. The van der Waals surface area contributed by atoms with Crippen LogP contribution in [0.15, 0.2) is 60.7 Å². The molecule has 0 unspecified atom stereocenters. The molecular formula is C16H14O2. The molecule has 2 rings (SSSR count). The molecule has 90 valence electrons. The van der Waals surface area contributed by atoms with Gasteiger partial charge in [-0.3, -0.25) is 4.79 Å². The third-order valence-electron chi connectivity index (χ3n) is 2.91. The minimum atomic E-state index is -0.383. The van der Waals surface area contributed by atoms with Crippen LogP contribution in [-0.2, 0) is 4.79 Å².